The van der Waals surface area contributed by atoms with Crippen molar-refractivity contribution in [2.45, 2.75) is 63.8 Å². The highest BCUT2D eigenvalue weighted by molar-refractivity contribution is 7.90. The van der Waals surface area contributed by atoms with Crippen molar-refractivity contribution in [3.8, 4) is 0 Å². The highest BCUT2D eigenvalue weighted by atomic mass is 32.2. The van der Waals surface area contributed by atoms with Gasteiger partial charge in [-0.15, -0.1) is 0 Å². The van der Waals surface area contributed by atoms with E-state index >= 15 is 0 Å². The van der Waals surface area contributed by atoms with Gasteiger partial charge < -0.3 is 4.84 Å². The molecule has 1 aliphatic heterocycles. The van der Waals surface area contributed by atoms with Crippen LogP contribution in [0.3, 0.4) is 0 Å². The Balaban J connectivity index is 1.70. The SMILES string of the molecule is CC(=NOCCCC1CCN(C(C)(C)C)CC1)c1ccc(S(C)(=O)=O)cc1. The van der Waals surface area contributed by atoms with Gasteiger partial charge in [0.15, 0.2) is 9.84 Å². The lowest BCUT2D eigenvalue weighted by atomic mass is 9.90. The third kappa shape index (κ3) is 6.92. The summed E-state index contributed by atoms with van der Waals surface area (Å²) in [5.41, 5.74) is 1.91. The van der Waals surface area contributed by atoms with Crippen LogP contribution in [0.15, 0.2) is 34.3 Å². The monoisotopic (exact) mass is 394 g/mol. The summed E-state index contributed by atoms with van der Waals surface area (Å²) in [7, 11) is -3.17. The Morgan fingerprint density at radius 3 is 2.30 bits per heavy atom. The number of nitrogens with zero attached hydrogens (tertiary/aromatic N) is 2. The van der Waals surface area contributed by atoms with Crippen LogP contribution < -0.4 is 0 Å². The first-order valence-corrected chi connectivity index (χ1v) is 11.7. The molecule has 0 bridgehead atoms. The van der Waals surface area contributed by atoms with Crippen LogP contribution in [-0.4, -0.2) is 50.5 Å². The van der Waals surface area contributed by atoms with E-state index in [0.717, 1.165) is 23.6 Å². The Morgan fingerprint density at radius 1 is 1.19 bits per heavy atom. The van der Waals surface area contributed by atoms with Gasteiger partial charge in [-0.1, -0.05) is 17.3 Å². The van der Waals surface area contributed by atoms with E-state index in [9.17, 15) is 8.42 Å². The standard InChI is InChI=1S/C21H34N2O3S/c1-17(19-8-10-20(11-9-19)27(5,24)25)22-26-16-6-7-18-12-14-23(15-13-18)21(2,3)4/h8-11,18H,6-7,12-16H2,1-5H3. The average molecular weight is 395 g/mol. The third-order valence-electron chi connectivity index (χ3n) is 5.31. The number of oxime groups is 1. The molecule has 1 aromatic rings. The molecule has 0 atom stereocenters. The highest BCUT2D eigenvalue weighted by Gasteiger charge is 2.26. The molecule has 1 aliphatic rings. The van der Waals surface area contributed by atoms with Gasteiger partial charge in [-0.05, 0) is 90.1 Å². The van der Waals surface area contributed by atoms with Crippen LogP contribution in [0.1, 0.15) is 58.9 Å². The molecule has 27 heavy (non-hydrogen) atoms. The van der Waals surface area contributed by atoms with Gasteiger partial charge in [-0.3, -0.25) is 4.90 Å². The summed E-state index contributed by atoms with van der Waals surface area (Å²) in [6.07, 6.45) is 5.96. The fourth-order valence-electron chi connectivity index (χ4n) is 3.47. The van der Waals surface area contributed by atoms with Gasteiger partial charge in [0.2, 0.25) is 0 Å². The first-order valence-electron chi connectivity index (χ1n) is 9.79. The molecule has 0 N–H and O–H groups in total. The molecule has 0 spiro atoms. The Hall–Kier alpha value is -1.40. The lowest BCUT2D eigenvalue weighted by Crippen LogP contribution is -2.46. The Labute approximate surface area is 164 Å². The molecule has 0 amide bonds. The topological polar surface area (TPSA) is 59.0 Å². The molecule has 5 nitrogen and oxygen atoms in total. The molecule has 1 saturated heterocycles. The molecule has 1 fully saturated rings. The fraction of sp³-hybridized carbons (Fsp3) is 0.667. The summed E-state index contributed by atoms with van der Waals surface area (Å²) in [6, 6.07) is 6.74. The number of sulfone groups is 1. The number of piperidine rings is 1. The maximum absolute atomic E-state index is 11.5. The largest absolute Gasteiger partial charge is 0.396 e. The van der Waals surface area contributed by atoms with Crippen LogP contribution in [0.2, 0.25) is 0 Å². The minimum Gasteiger partial charge on any atom is -0.396 e. The van der Waals surface area contributed by atoms with Crippen molar-refractivity contribution in [2.24, 2.45) is 11.1 Å². The Morgan fingerprint density at radius 2 is 1.78 bits per heavy atom. The molecule has 2 rings (SSSR count). The van der Waals surface area contributed by atoms with Crippen LogP contribution in [0.5, 0.6) is 0 Å². The van der Waals surface area contributed by atoms with E-state index in [-0.39, 0.29) is 5.54 Å². The van der Waals surface area contributed by atoms with E-state index < -0.39 is 9.84 Å². The van der Waals surface area contributed by atoms with Gasteiger partial charge in [0, 0.05) is 11.8 Å². The Kier molecular flexibility index (Phi) is 7.46. The predicted molar refractivity (Wildman–Crippen MR) is 111 cm³/mol. The van der Waals surface area contributed by atoms with Crippen LogP contribution in [0, 0.1) is 5.92 Å². The minimum absolute atomic E-state index is 0.278. The molecule has 0 unspecified atom stereocenters. The van der Waals surface area contributed by atoms with Gasteiger partial charge in [0.05, 0.1) is 10.6 Å². The number of benzene rings is 1. The zero-order valence-corrected chi connectivity index (χ0v) is 18.2. The highest BCUT2D eigenvalue weighted by Crippen LogP contribution is 2.26. The van der Waals surface area contributed by atoms with Crippen molar-refractivity contribution in [3.63, 3.8) is 0 Å². The van der Waals surface area contributed by atoms with Gasteiger partial charge >= 0.3 is 0 Å². The van der Waals surface area contributed by atoms with E-state index in [2.05, 4.69) is 30.8 Å². The third-order valence-corrected chi connectivity index (χ3v) is 6.44. The van der Waals surface area contributed by atoms with Crippen LogP contribution in [0.25, 0.3) is 0 Å². The Bertz CT molecular complexity index is 726. The quantitative estimate of drug-likeness (QED) is 0.396. The fourth-order valence-corrected chi connectivity index (χ4v) is 4.10. The second kappa shape index (κ2) is 9.20. The van der Waals surface area contributed by atoms with Crippen molar-refractivity contribution < 1.29 is 13.3 Å². The van der Waals surface area contributed by atoms with Crippen molar-refractivity contribution in [3.05, 3.63) is 29.8 Å². The molecule has 0 saturated carbocycles. The zero-order valence-electron chi connectivity index (χ0n) is 17.4. The van der Waals surface area contributed by atoms with Gasteiger partial charge in [0.1, 0.15) is 6.61 Å². The van der Waals surface area contributed by atoms with Gasteiger partial charge in [-0.25, -0.2) is 8.42 Å². The summed E-state index contributed by atoms with van der Waals surface area (Å²) in [4.78, 5) is 8.36. The maximum atomic E-state index is 11.5. The summed E-state index contributed by atoms with van der Waals surface area (Å²) in [5.74, 6) is 0.792. The zero-order chi connectivity index (χ0) is 20.1. The first-order chi connectivity index (χ1) is 12.6. The average Bonchev–Trinajstić information content (AvgIpc) is 2.60. The van der Waals surface area contributed by atoms with E-state index in [4.69, 9.17) is 4.84 Å². The summed E-state index contributed by atoms with van der Waals surface area (Å²) >= 11 is 0. The molecule has 1 heterocycles. The van der Waals surface area contributed by atoms with Gasteiger partial charge in [-0.2, -0.15) is 0 Å². The van der Waals surface area contributed by atoms with Crippen molar-refractivity contribution in [1.29, 1.82) is 0 Å². The number of likely N-dealkylation sites (tertiary alicyclic amines) is 1. The molecule has 0 aromatic heterocycles. The predicted octanol–water partition coefficient (Wildman–Crippen LogP) is 4.12. The van der Waals surface area contributed by atoms with E-state index in [1.165, 1.54) is 38.6 Å². The maximum Gasteiger partial charge on any atom is 0.175 e. The lowest BCUT2D eigenvalue weighted by Gasteiger charge is -2.41. The van der Waals surface area contributed by atoms with E-state index in [1.54, 1.807) is 24.3 Å². The van der Waals surface area contributed by atoms with Crippen molar-refractivity contribution in [1.82, 2.24) is 4.90 Å². The second-order valence-corrected chi connectivity index (χ2v) is 10.6. The van der Waals surface area contributed by atoms with E-state index in [0.29, 0.717) is 11.5 Å². The smallest absolute Gasteiger partial charge is 0.175 e. The molecular formula is C21H34N2O3S. The minimum atomic E-state index is -3.17. The first kappa shape index (κ1) is 21.9. The van der Waals surface area contributed by atoms with Crippen molar-refractivity contribution >= 4 is 15.5 Å². The summed E-state index contributed by atoms with van der Waals surface area (Å²) < 4.78 is 23.0. The second-order valence-electron chi connectivity index (χ2n) is 8.55. The van der Waals surface area contributed by atoms with Gasteiger partial charge in [0.25, 0.3) is 0 Å². The van der Waals surface area contributed by atoms with Crippen LogP contribution in [-0.2, 0) is 14.7 Å². The summed E-state index contributed by atoms with van der Waals surface area (Å²) in [6.45, 7) is 11.7. The van der Waals surface area contributed by atoms with Crippen LogP contribution in [0.4, 0.5) is 0 Å². The molecule has 152 valence electrons. The van der Waals surface area contributed by atoms with Crippen LogP contribution >= 0.6 is 0 Å². The lowest BCUT2D eigenvalue weighted by molar-refractivity contribution is 0.0791. The molecule has 1 aromatic carbocycles. The van der Waals surface area contributed by atoms with E-state index in [1.807, 2.05) is 6.92 Å². The number of rotatable bonds is 7. The van der Waals surface area contributed by atoms with Crippen molar-refractivity contribution in [2.75, 3.05) is 26.0 Å². The molecular weight excluding hydrogens is 360 g/mol. The number of hydrogen-bond donors (Lipinski definition) is 0. The number of hydrogen-bond acceptors (Lipinski definition) is 5. The normalized spacial score (nSPS) is 17.9. The summed E-state index contributed by atoms with van der Waals surface area (Å²) in [5, 5.41) is 4.17. The molecule has 0 aliphatic carbocycles. The molecule has 0 radical (unpaired) electrons. The molecule has 6 heteroatoms.